The molecule has 0 aliphatic carbocycles. The average molecular weight is 708 g/mol. The van der Waals surface area contributed by atoms with Gasteiger partial charge in [0.05, 0.1) is 18.0 Å². The van der Waals surface area contributed by atoms with Crippen LogP contribution >= 0.6 is 0 Å². The van der Waals surface area contributed by atoms with Crippen LogP contribution in [-0.4, -0.2) is 18.0 Å². The van der Waals surface area contributed by atoms with Gasteiger partial charge in [0, 0.05) is 27.5 Å². The standard InChI is InChI=1S/C49H33N3OSi/c1-50-38-25-26-43-42(30-38)40-23-12-22-39(47(40)53-43)35-18-9-16-33(27-35)34-17-11-20-37(29-34)49-51-45(36-19-10-15-32(28-36)31-13-5-4-6-14-31)48-46(52-49)41-21-7-8-24-44(41)54(48,2)3/h4-30H,2-3H3. The van der Waals surface area contributed by atoms with Crippen LogP contribution in [0.2, 0.25) is 13.1 Å². The molecule has 10 rings (SSSR count). The number of benzene rings is 7. The number of furan rings is 1. The van der Waals surface area contributed by atoms with Crippen molar-refractivity contribution in [1.82, 2.24) is 9.97 Å². The zero-order chi connectivity index (χ0) is 36.4. The molecule has 2 aromatic heterocycles. The molecule has 0 bridgehead atoms. The van der Waals surface area contributed by atoms with Crippen LogP contribution in [0.5, 0.6) is 0 Å². The monoisotopic (exact) mass is 707 g/mol. The fourth-order valence-corrected chi connectivity index (χ4v) is 11.5. The quantitative estimate of drug-likeness (QED) is 0.132. The molecule has 0 saturated carbocycles. The second kappa shape index (κ2) is 12.4. The third kappa shape index (κ3) is 5.11. The molecule has 54 heavy (non-hydrogen) atoms. The first kappa shape index (κ1) is 31.8. The predicted octanol–water partition coefficient (Wildman–Crippen LogP) is 12.1. The summed E-state index contributed by atoms with van der Waals surface area (Å²) in [5.41, 5.74) is 14.2. The van der Waals surface area contributed by atoms with Crippen LogP contribution < -0.4 is 10.4 Å². The third-order valence-electron chi connectivity index (χ3n) is 10.9. The molecular weight excluding hydrogens is 675 g/mol. The van der Waals surface area contributed by atoms with Gasteiger partial charge in [-0.05, 0) is 74.1 Å². The minimum absolute atomic E-state index is 0.604. The van der Waals surface area contributed by atoms with E-state index < -0.39 is 8.07 Å². The van der Waals surface area contributed by atoms with Gasteiger partial charge in [0.25, 0.3) is 0 Å². The van der Waals surface area contributed by atoms with Crippen molar-refractivity contribution in [2.45, 2.75) is 13.1 Å². The molecule has 254 valence electrons. The van der Waals surface area contributed by atoms with Crippen molar-refractivity contribution in [3.8, 4) is 67.3 Å². The highest BCUT2D eigenvalue weighted by molar-refractivity contribution is 7.04. The number of nitrogens with zero attached hydrogens (tertiary/aromatic N) is 3. The fraction of sp³-hybridized carbons (Fsp3) is 0.0408. The molecule has 7 aromatic carbocycles. The summed E-state index contributed by atoms with van der Waals surface area (Å²) in [6.45, 7) is 12.3. The number of para-hydroxylation sites is 1. The first-order chi connectivity index (χ1) is 26.5. The number of rotatable bonds is 5. The average Bonchev–Trinajstić information content (AvgIpc) is 3.72. The van der Waals surface area contributed by atoms with Gasteiger partial charge < -0.3 is 4.42 Å². The Hall–Kier alpha value is -6.87. The molecule has 3 heterocycles. The van der Waals surface area contributed by atoms with E-state index in [1.54, 1.807) is 0 Å². The maximum absolute atomic E-state index is 7.48. The molecular formula is C49H33N3OSi. The highest BCUT2D eigenvalue weighted by Gasteiger charge is 2.41. The van der Waals surface area contributed by atoms with Crippen LogP contribution in [0.15, 0.2) is 168 Å². The largest absolute Gasteiger partial charge is 0.456 e. The van der Waals surface area contributed by atoms with Gasteiger partial charge in [-0.3, -0.25) is 0 Å². The lowest BCUT2D eigenvalue weighted by atomic mass is 9.96. The van der Waals surface area contributed by atoms with E-state index in [0.29, 0.717) is 5.69 Å². The normalized spacial score (nSPS) is 12.8. The second-order valence-electron chi connectivity index (χ2n) is 14.5. The van der Waals surface area contributed by atoms with Crippen LogP contribution in [-0.2, 0) is 0 Å². The maximum atomic E-state index is 7.48. The van der Waals surface area contributed by atoms with Gasteiger partial charge in [-0.15, -0.1) is 0 Å². The zero-order valence-corrected chi connectivity index (χ0v) is 30.8. The topological polar surface area (TPSA) is 43.3 Å². The van der Waals surface area contributed by atoms with Crippen molar-refractivity contribution in [3.63, 3.8) is 0 Å². The Morgan fingerprint density at radius 3 is 1.89 bits per heavy atom. The molecule has 0 atom stereocenters. The van der Waals surface area contributed by atoms with Gasteiger partial charge in [0.15, 0.2) is 11.5 Å². The molecule has 5 heteroatoms. The molecule has 0 spiro atoms. The van der Waals surface area contributed by atoms with Crippen molar-refractivity contribution in [2.75, 3.05) is 0 Å². The SMILES string of the molecule is [C-]#[N+]c1ccc2oc3c(-c4cccc(-c5cccc(-c6nc(-c7cccc(-c8ccccc8)c7)c7c(n6)-c6ccccc6[Si]7(C)C)c5)c4)cccc3c2c1. The number of hydrogen-bond acceptors (Lipinski definition) is 3. The maximum Gasteiger partial charge on any atom is 0.188 e. The Morgan fingerprint density at radius 1 is 0.500 bits per heavy atom. The highest BCUT2D eigenvalue weighted by atomic mass is 28.3. The predicted molar refractivity (Wildman–Crippen MR) is 225 cm³/mol. The first-order valence-electron chi connectivity index (χ1n) is 18.2. The third-order valence-corrected chi connectivity index (χ3v) is 14.4. The van der Waals surface area contributed by atoms with Crippen LogP contribution in [0.1, 0.15) is 0 Å². The Bertz CT molecular complexity index is 2990. The van der Waals surface area contributed by atoms with Gasteiger partial charge >= 0.3 is 0 Å². The van der Waals surface area contributed by atoms with E-state index in [9.17, 15) is 0 Å². The lowest BCUT2D eigenvalue weighted by molar-refractivity contribution is 0.670. The molecule has 1 aliphatic heterocycles. The molecule has 0 fully saturated rings. The molecule has 9 aromatic rings. The van der Waals surface area contributed by atoms with E-state index >= 15 is 0 Å². The Labute approximate surface area is 314 Å². The van der Waals surface area contributed by atoms with Gasteiger partial charge in [-0.25, -0.2) is 14.8 Å². The smallest absolute Gasteiger partial charge is 0.188 e. The van der Waals surface area contributed by atoms with Crippen molar-refractivity contribution in [1.29, 1.82) is 0 Å². The minimum Gasteiger partial charge on any atom is -0.456 e. The van der Waals surface area contributed by atoms with Gasteiger partial charge in [-0.1, -0.05) is 147 Å². The van der Waals surface area contributed by atoms with E-state index in [2.05, 4.69) is 164 Å². The summed E-state index contributed by atoms with van der Waals surface area (Å²) >= 11 is 0. The number of aromatic nitrogens is 2. The van der Waals surface area contributed by atoms with Crippen LogP contribution in [0.25, 0.3) is 94.1 Å². The number of hydrogen-bond donors (Lipinski definition) is 0. The molecule has 0 unspecified atom stereocenters. The van der Waals surface area contributed by atoms with Crippen molar-refractivity contribution < 1.29 is 4.42 Å². The summed E-state index contributed by atoms with van der Waals surface area (Å²) in [6, 6.07) is 57.2. The fourth-order valence-electron chi connectivity index (χ4n) is 8.22. The molecule has 0 N–H and O–H groups in total. The van der Waals surface area contributed by atoms with E-state index in [1.165, 1.54) is 27.1 Å². The van der Waals surface area contributed by atoms with Crippen molar-refractivity contribution >= 4 is 46.1 Å². The summed E-state index contributed by atoms with van der Waals surface area (Å²) in [5.74, 6) is 0.721. The summed E-state index contributed by atoms with van der Waals surface area (Å²) < 4.78 is 6.40. The Morgan fingerprint density at radius 2 is 1.09 bits per heavy atom. The summed E-state index contributed by atoms with van der Waals surface area (Å²) in [5, 5.41) is 4.67. The highest BCUT2D eigenvalue weighted by Crippen LogP contribution is 2.39. The van der Waals surface area contributed by atoms with E-state index in [4.69, 9.17) is 21.0 Å². The molecule has 1 aliphatic rings. The van der Waals surface area contributed by atoms with E-state index in [0.717, 1.165) is 72.5 Å². The molecule has 0 amide bonds. The Balaban J connectivity index is 1.10. The number of fused-ring (bicyclic) bond motifs is 6. The minimum atomic E-state index is -2.11. The second-order valence-corrected chi connectivity index (χ2v) is 18.8. The lowest BCUT2D eigenvalue weighted by Crippen LogP contribution is -2.50. The molecule has 4 nitrogen and oxygen atoms in total. The van der Waals surface area contributed by atoms with Gasteiger partial charge in [0.2, 0.25) is 0 Å². The van der Waals surface area contributed by atoms with Crippen LogP contribution in [0.4, 0.5) is 5.69 Å². The summed E-state index contributed by atoms with van der Waals surface area (Å²) in [4.78, 5) is 14.5. The summed E-state index contributed by atoms with van der Waals surface area (Å²) in [7, 11) is -2.11. The van der Waals surface area contributed by atoms with Crippen LogP contribution in [0, 0.1) is 6.57 Å². The molecule has 0 saturated heterocycles. The zero-order valence-electron chi connectivity index (χ0n) is 29.8. The van der Waals surface area contributed by atoms with Crippen molar-refractivity contribution in [3.05, 3.63) is 175 Å². The van der Waals surface area contributed by atoms with Crippen molar-refractivity contribution in [2.24, 2.45) is 0 Å². The summed E-state index contributed by atoms with van der Waals surface area (Å²) in [6.07, 6.45) is 0. The van der Waals surface area contributed by atoms with E-state index in [1.807, 2.05) is 18.2 Å². The Kier molecular flexibility index (Phi) is 7.29. The van der Waals surface area contributed by atoms with Crippen LogP contribution in [0.3, 0.4) is 0 Å². The molecule has 0 radical (unpaired) electrons. The lowest BCUT2D eigenvalue weighted by Gasteiger charge is -2.22. The van der Waals surface area contributed by atoms with E-state index in [-0.39, 0.29) is 0 Å². The van der Waals surface area contributed by atoms with Gasteiger partial charge in [0.1, 0.15) is 19.2 Å². The first-order valence-corrected chi connectivity index (χ1v) is 21.2. The van der Waals surface area contributed by atoms with Gasteiger partial charge in [-0.2, -0.15) is 0 Å².